The van der Waals surface area contributed by atoms with Crippen molar-refractivity contribution in [3.05, 3.63) is 205 Å². The molecule has 0 aliphatic carbocycles. The van der Waals surface area contributed by atoms with Gasteiger partial charge in [-0.1, -0.05) is 115 Å². The van der Waals surface area contributed by atoms with E-state index in [2.05, 4.69) is 16.0 Å². The lowest BCUT2D eigenvalue weighted by atomic mass is 10.1. The summed E-state index contributed by atoms with van der Waals surface area (Å²) in [4.78, 5) is 47.7. The maximum absolute atomic E-state index is 12.6. The maximum Gasteiger partial charge on any atom is 0.248 e. The summed E-state index contributed by atoms with van der Waals surface area (Å²) in [6.45, 7) is 0. The molecule has 0 unspecified atom stereocenters. The highest BCUT2D eigenvalue weighted by molar-refractivity contribution is 6.03. The van der Waals surface area contributed by atoms with E-state index in [1.807, 2.05) is 170 Å². The van der Waals surface area contributed by atoms with E-state index >= 15 is 0 Å². The number of anilines is 3. The Labute approximate surface area is 331 Å². The summed E-state index contributed by atoms with van der Waals surface area (Å²) < 4.78 is 0. The second-order valence-electron chi connectivity index (χ2n) is 12.9. The molecule has 0 fully saturated rings. The second-order valence-corrected chi connectivity index (χ2v) is 12.9. The Balaban J connectivity index is 1.11. The average molecular weight is 744 g/mol. The molecule has 6 aromatic carbocycles. The molecule has 0 spiro atoms. The van der Waals surface area contributed by atoms with Crippen molar-refractivity contribution in [3.8, 4) is 33.9 Å². The van der Waals surface area contributed by atoms with E-state index in [9.17, 15) is 14.4 Å². The lowest BCUT2D eigenvalue weighted by Crippen LogP contribution is -2.07. The highest BCUT2D eigenvalue weighted by Gasteiger charge is 2.12. The van der Waals surface area contributed by atoms with Gasteiger partial charge in [0.05, 0.1) is 11.4 Å². The molecule has 0 aliphatic rings. The molecule has 0 atom stereocenters. The number of aromatic nitrogens is 2. The number of benzene rings is 6. The van der Waals surface area contributed by atoms with Gasteiger partial charge in [0.1, 0.15) is 0 Å². The van der Waals surface area contributed by atoms with Crippen molar-refractivity contribution in [2.45, 2.75) is 0 Å². The van der Waals surface area contributed by atoms with Crippen molar-refractivity contribution < 1.29 is 14.4 Å². The Morgan fingerprint density at radius 1 is 0.368 bits per heavy atom. The molecule has 0 aliphatic heterocycles. The predicted octanol–water partition coefficient (Wildman–Crippen LogP) is 10.4. The quantitative estimate of drug-likeness (QED) is 0.108. The van der Waals surface area contributed by atoms with E-state index in [4.69, 9.17) is 9.97 Å². The molecule has 7 aromatic rings. The molecule has 8 heteroatoms. The maximum atomic E-state index is 12.6. The van der Waals surface area contributed by atoms with Crippen molar-refractivity contribution >= 4 is 53.0 Å². The van der Waals surface area contributed by atoms with E-state index in [1.54, 1.807) is 18.2 Å². The predicted molar refractivity (Wildman–Crippen MR) is 231 cm³/mol. The molecule has 1 aromatic heterocycles. The summed E-state index contributed by atoms with van der Waals surface area (Å²) in [6.07, 6.45) is 9.79. The number of carbonyl (C=O) groups excluding carboxylic acids is 3. The van der Waals surface area contributed by atoms with Gasteiger partial charge in [-0.25, -0.2) is 9.97 Å². The second kappa shape index (κ2) is 18.4. The van der Waals surface area contributed by atoms with Crippen molar-refractivity contribution in [1.82, 2.24) is 9.97 Å². The van der Waals surface area contributed by atoms with Crippen LogP contribution in [0.5, 0.6) is 0 Å². The van der Waals surface area contributed by atoms with Gasteiger partial charge in [-0.2, -0.15) is 0 Å². The Morgan fingerprint density at radius 3 is 0.982 bits per heavy atom. The Kier molecular flexibility index (Phi) is 12.0. The van der Waals surface area contributed by atoms with Crippen molar-refractivity contribution in [2.75, 3.05) is 16.0 Å². The highest BCUT2D eigenvalue weighted by Crippen LogP contribution is 2.29. The van der Waals surface area contributed by atoms with E-state index in [0.717, 1.165) is 33.4 Å². The van der Waals surface area contributed by atoms with Gasteiger partial charge in [-0.05, 0) is 89.5 Å². The number of nitrogens with zero attached hydrogens (tertiary/aromatic N) is 2. The van der Waals surface area contributed by atoms with Crippen LogP contribution in [0.2, 0.25) is 0 Å². The fourth-order valence-electron chi connectivity index (χ4n) is 5.78. The minimum atomic E-state index is -0.245. The zero-order valence-electron chi connectivity index (χ0n) is 30.7. The number of amides is 3. The largest absolute Gasteiger partial charge is 0.323 e. The standard InChI is InChI=1S/C49H37N5O3/c55-46(31-16-35-10-4-1-5-11-35)50-41-25-19-38(20-26-41)44-34-45(39-21-27-42(28-22-39)51-47(56)32-17-36-12-6-2-7-13-36)54-49(53-44)40-23-29-43(30-24-40)52-48(57)33-18-37-14-8-3-9-15-37/h1-34H,(H,50,55)(H,51,56)(H,52,57). The lowest BCUT2D eigenvalue weighted by Gasteiger charge is -2.11. The van der Waals surface area contributed by atoms with Crippen LogP contribution in [0.3, 0.4) is 0 Å². The monoisotopic (exact) mass is 743 g/mol. The topological polar surface area (TPSA) is 113 Å². The van der Waals surface area contributed by atoms with Crippen LogP contribution in [0.15, 0.2) is 188 Å². The SMILES string of the molecule is O=C(C=Cc1ccccc1)Nc1ccc(-c2cc(-c3ccc(NC(=O)C=Cc4ccccc4)cc3)nc(-c3ccc(NC(=O)C=Cc4ccccc4)cc3)n2)cc1. The van der Waals surface area contributed by atoms with Crippen molar-refractivity contribution in [1.29, 1.82) is 0 Å². The molecule has 3 amide bonds. The van der Waals surface area contributed by atoms with Crippen LogP contribution in [-0.4, -0.2) is 27.7 Å². The van der Waals surface area contributed by atoms with Crippen LogP contribution in [0.1, 0.15) is 16.7 Å². The molecule has 1 heterocycles. The molecule has 0 saturated carbocycles. The van der Waals surface area contributed by atoms with Gasteiger partial charge in [-0.3, -0.25) is 14.4 Å². The zero-order valence-corrected chi connectivity index (χ0v) is 30.7. The summed E-state index contributed by atoms with van der Waals surface area (Å²) in [7, 11) is 0. The van der Waals surface area contributed by atoms with E-state index in [0.29, 0.717) is 34.3 Å². The number of rotatable bonds is 12. The van der Waals surface area contributed by atoms with Crippen LogP contribution in [0.25, 0.3) is 52.1 Å². The normalized spacial score (nSPS) is 11.2. The summed E-state index contributed by atoms with van der Waals surface area (Å²) in [5.41, 5.74) is 8.44. The van der Waals surface area contributed by atoms with E-state index in [1.165, 1.54) is 18.2 Å². The third kappa shape index (κ3) is 10.8. The summed E-state index contributed by atoms with van der Waals surface area (Å²) in [5, 5.41) is 8.72. The molecule has 0 saturated heterocycles. The first kappa shape index (κ1) is 37.3. The van der Waals surface area contributed by atoms with Gasteiger partial charge in [-0.15, -0.1) is 0 Å². The van der Waals surface area contributed by atoms with Gasteiger partial charge in [0.15, 0.2) is 5.82 Å². The molecule has 3 N–H and O–H groups in total. The minimum Gasteiger partial charge on any atom is -0.323 e. The third-order valence-electron chi connectivity index (χ3n) is 8.71. The lowest BCUT2D eigenvalue weighted by molar-refractivity contribution is -0.112. The molecule has 7 rings (SSSR count). The molecule has 8 nitrogen and oxygen atoms in total. The zero-order chi connectivity index (χ0) is 39.2. The van der Waals surface area contributed by atoms with E-state index < -0.39 is 0 Å². The minimum absolute atomic E-state index is 0.239. The molecule has 276 valence electrons. The summed E-state index contributed by atoms with van der Waals surface area (Å²) in [6, 6.07) is 53.1. The van der Waals surface area contributed by atoms with Crippen molar-refractivity contribution in [2.24, 2.45) is 0 Å². The fourth-order valence-corrected chi connectivity index (χ4v) is 5.78. The van der Waals surface area contributed by atoms with Crippen LogP contribution in [-0.2, 0) is 14.4 Å². The molecular formula is C49H37N5O3. The molecule has 0 radical (unpaired) electrons. The first-order valence-corrected chi connectivity index (χ1v) is 18.3. The Hall–Kier alpha value is -7.97. The number of hydrogen-bond donors (Lipinski definition) is 3. The van der Waals surface area contributed by atoms with Crippen molar-refractivity contribution in [3.63, 3.8) is 0 Å². The molecule has 0 bridgehead atoms. The van der Waals surface area contributed by atoms with E-state index in [-0.39, 0.29) is 17.7 Å². The van der Waals surface area contributed by atoms with Gasteiger partial charge >= 0.3 is 0 Å². The van der Waals surface area contributed by atoms with Gasteiger partial charge < -0.3 is 16.0 Å². The fraction of sp³-hybridized carbons (Fsp3) is 0. The number of carbonyl (C=O) groups is 3. The molecular weight excluding hydrogens is 707 g/mol. The van der Waals surface area contributed by atoms with Gasteiger partial charge in [0, 0.05) is 52.0 Å². The third-order valence-corrected chi connectivity index (χ3v) is 8.71. The number of hydrogen-bond acceptors (Lipinski definition) is 5. The Morgan fingerprint density at radius 2 is 0.667 bits per heavy atom. The van der Waals surface area contributed by atoms with Gasteiger partial charge in [0.2, 0.25) is 17.7 Å². The smallest absolute Gasteiger partial charge is 0.248 e. The number of nitrogens with one attached hydrogen (secondary N) is 3. The average Bonchev–Trinajstić information content (AvgIpc) is 3.26. The first-order valence-electron chi connectivity index (χ1n) is 18.3. The summed E-state index contributed by atoms with van der Waals surface area (Å²) in [5.74, 6) is -0.240. The van der Waals surface area contributed by atoms with Crippen LogP contribution in [0, 0.1) is 0 Å². The summed E-state index contributed by atoms with van der Waals surface area (Å²) >= 11 is 0. The van der Waals surface area contributed by atoms with Crippen LogP contribution >= 0.6 is 0 Å². The van der Waals surface area contributed by atoms with Crippen LogP contribution in [0.4, 0.5) is 17.1 Å². The Bertz CT molecular complexity index is 2250. The highest BCUT2D eigenvalue weighted by atomic mass is 16.2. The van der Waals surface area contributed by atoms with Gasteiger partial charge in [0.25, 0.3) is 0 Å². The van der Waals surface area contributed by atoms with Crippen LogP contribution < -0.4 is 16.0 Å². The first-order chi connectivity index (χ1) is 27.9. The molecule has 57 heavy (non-hydrogen) atoms.